The molecule has 0 radical (unpaired) electrons. The Morgan fingerprint density at radius 2 is 2.35 bits per heavy atom. The summed E-state index contributed by atoms with van der Waals surface area (Å²) in [7, 11) is 1.85. The lowest BCUT2D eigenvalue weighted by molar-refractivity contribution is -0.139. The van der Waals surface area contributed by atoms with E-state index in [2.05, 4.69) is 15.5 Å². The number of aryl methyl sites for hydroxylation is 1. The highest BCUT2D eigenvalue weighted by Gasteiger charge is 2.16. The highest BCUT2D eigenvalue weighted by molar-refractivity contribution is 7.98. The first-order valence-corrected chi connectivity index (χ1v) is 6.06. The van der Waals surface area contributed by atoms with Crippen molar-refractivity contribution in [1.82, 2.24) is 20.1 Å². The fourth-order valence-electron chi connectivity index (χ4n) is 1.12. The molecule has 2 N–H and O–H groups in total. The second kappa shape index (κ2) is 6.24. The Morgan fingerprint density at radius 3 is 2.82 bits per heavy atom. The van der Waals surface area contributed by atoms with Gasteiger partial charge in [0.1, 0.15) is 17.7 Å². The van der Waals surface area contributed by atoms with Gasteiger partial charge in [0, 0.05) is 12.8 Å². The molecule has 1 atom stereocenters. The fraction of sp³-hybridized carbons (Fsp3) is 0.556. The molecule has 8 heteroatoms. The van der Waals surface area contributed by atoms with Crippen LogP contribution in [0, 0.1) is 6.92 Å². The van der Waals surface area contributed by atoms with Crippen LogP contribution in [0.1, 0.15) is 11.6 Å². The van der Waals surface area contributed by atoms with Gasteiger partial charge in [0.05, 0.1) is 5.75 Å². The Bertz CT molecular complexity index is 407. The van der Waals surface area contributed by atoms with Crippen molar-refractivity contribution < 1.29 is 14.7 Å². The molecule has 94 valence electrons. The smallest absolute Gasteiger partial charge is 0.327 e. The summed E-state index contributed by atoms with van der Waals surface area (Å²) >= 11 is 1.38. The fourth-order valence-corrected chi connectivity index (χ4v) is 2.14. The van der Waals surface area contributed by atoms with Crippen LogP contribution < -0.4 is 5.32 Å². The Hall–Kier alpha value is -1.57. The Balaban J connectivity index is 2.43. The Kier molecular flexibility index (Phi) is 4.95. The van der Waals surface area contributed by atoms with Crippen molar-refractivity contribution in [2.75, 3.05) is 5.75 Å². The number of nitrogens with zero attached hydrogens (tertiary/aromatic N) is 3. The van der Waals surface area contributed by atoms with Gasteiger partial charge in [0.15, 0.2) is 0 Å². The minimum Gasteiger partial charge on any atom is -0.480 e. The molecule has 1 amide bonds. The predicted molar refractivity (Wildman–Crippen MR) is 62.5 cm³/mol. The number of aliphatic carboxylic acids is 1. The first-order chi connectivity index (χ1) is 8.06. The lowest BCUT2D eigenvalue weighted by Gasteiger charge is -2.10. The van der Waals surface area contributed by atoms with Crippen molar-refractivity contribution >= 4 is 24.1 Å². The third-order valence-corrected chi connectivity index (χ3v) is 3.30. The summed E-state index contributed by atoms with van der Waals surface area (Å²) in [5.74, 6) is 1.39. The maximum absolute atomic E-state index is 10.7. The molecule has 0 aliphatic rings. The van der Waals surface area contributed by atoms with Crippen LogP contribution in [-0.4, -0.2) is 44.0 Å². The number of rotatable bonds is 7. The molecule has 1 heterocycles. The molecule has 0 aliphatic carbocycles. The predicted octanol–water partition coefficient (Wildman–Crippen LogP) is -0.444. The molecule has 0 spiro atoms. The van der Waals surface area contributed by atoms with Gasteiger partial charge in [-0.15, -0.1) is 10.2 Å². The van der Waals surface area contributed by atoms with E-state index in [1.165, 1.54) is 11.8 Å². The first kappa shape index (κ1) is 13.5. The van der Waals surface area contributed by atoms with E-state index in [0.717, 1.165) is 11.6 Å². The second-order valence-corrected chi connectivity index (χ2v) is 4.44. The van der Waals surface area contributed by atoms with E-state index in [1.807, 2.05) is 18.5 Å². The quantitative estimate of drug-likeness (QED) is 0.643. The van der Waals surface area contributed by atoms with Gasteiger partial charge in [-0.3, -0.25) is 4.79 Å². The van der Waals surface area contributed by atoms with Crippen LogP contribution >= 0.6 is 11.8 Å². The van der Waals surface area contributed by atoms with Crippen molar-refractivity contribution in [2.24, 2.45) is 7.05 Å². The summed E-state index contributed by atoms with van der Waals surface area (Å²) in [5.41, 5.74) is 0. The molecule has 0 aromatic carbocycles. The summed E-state index contributed by atoms with van der Waals surface area (Å²) < 4.78 is 1.84. The SMILES string of the molecule is Cc1nnc(CSCC(NC=O)C(=O)O)n1C. The third kappa shape index (κ3) is 3.74. The zero-order chi connectivity index (χ0) is 12.8. The van der Waals surface area contributed by atoms with Crippen LogP contribution in [-0.2, 0) is 22.4 Å². The average molecular weight is 258 g/mol. The summed E-state index contributed by atoms with van der Waals surface area (Å²) in [4.78, 5) is 20.9. The number of nitrogens with one attached hydrogen (secondary N) is 1. The van der Waals surface area contributed by atoms with Crippen molar-refractivity contribution in [3.8, 4) is 0 Å². The van der Waals surface area contributed by atoms with Gasteiger partial charge in [0.25, 0.3) is 0 Å². The molecule has 1 unspecified atom stereocenters. The lowest BCUT2D eigenvalue weighted by Crippen LogP contribution is -2.37. The number of aromatic nitrogens is 3. The number of carboxylic acids is 1. The van der Waals surface area contributed by atoms with E-state index in [9.17, 15) is 9.59 Å². The van der Waals surface area contributed by atoms with Crippen LogP contribution in [0.25, 0.3) is 0 Å². The van der Waals surface area contributed by atoms with Gasteiger partial charge in [-0.05, 0) is 6.92 Å². The summed E-state index contributed by atoms with van der Waals surface area (Å²) in [5, 5.41) is 18.9. The number of thioether (sulfide) groups is 1. The van der Waals surface area contributed by atoms with E-state index >= 15 is 0 Å². The van der Waals surface area contributed by atoms with E-state index in [0.29, 0.717) is 17.9 Å². The van der Waals surface area contributed by atoms with Crippen LogP contribution in [0.2, 0.25) is 0 Å². The topological polar surface area (TPSA) is 97.1 Å². The van der Waals surface area contributed by atoms with Crippen molar-refractivity contribution in [1.29, 1.82) is 0 Å². The normalized spacial score (nSPS) is 12.1. The van der Waals surface area contributed by atoms with Crippen LogP contribution in [0.5, 0.6) is 0 Å². The molecule has 0 fully saturated rings. The third-order valence-electron chi connectivity index (χ3n) is 2.27. The molecule has 17 heavy (non-hydrogen) atoms. The average Bonchev–Trinajstić information content (AvgIpc) is 2.59. The minimum atomic E-state index is -1.04. The summed E-state index contributed by atoms with van der Waals surface area (Å²) in [6.45, 7) is 1.84. The molecule has 1 aromatic rings. The van der Waals surface area contributed by atoms with Gasteiger partial charge in [0.2, 0.25) is 6.41 Å². The van der Waals surface area contributed by atoms with Crippen LogP contribution in [0.4, 0.5) is 0 Å². The lowest BCUT2D eigenvalue weighted by atomic mass is 10.3. The van der Waals surface area contributed by atoms with Gasteiger partial charge < -0.3 is 15.0 Å². The molecular weight excluding hydrogens is 244 g/mol. The highest BCUT2D eigenvalue weighted by Crippen LogP contribution is 2.11. The molecule has 0 aliphatic heterocycles. The second-order valence-electron chi connectivity index (χ2n) is 3.41. The molecular formula is C9H14N4O3S. The van der Waals surface area contributed by atoms with Gasteiger partial charge in [-0.25, -0.2) is 4.79 Å². The minimum absolute atomic E-state index is 0.292. The number of carbonyl (C=O) groups excluding carboxylic acids is 1. The number of amides is 1. The molecule has 1 aromatic heterocycles. The Labute approximate surface area is 103 Å². The van der Waals surface area contributed by atoms with E-state index in [4.69, 9.17) is 5.11 Å². The standard InChI is InChI=1S/C9H14N4O3S/c1-6-11-12-8(13(6)2)4-17-3-7(9(15)16)10-5-14/h5,7H,3-4H2,1-2H3,(H,10,14)(H,15,16). The zero-order valence-electron chi connectivity index (χ0n) is 9.58. The van der Waals surface area contributed by atoms with Crippen LogP contribution in [0.3, 0.4) is 0 Å². The van der Waals surface area contributed by atoms with E-state index in [-0.39, 0.29) is 0 Å². The Morgan fingerprint density at radius 1 is 1.65 bits per heavy atom. The van der Waals surface area contributed by atoms with Crippen molar-refractivity contribution in [3.05, 3.63) is 11.6 Å². The maximum Gasteiger partial charge on any atom is 0.327 e. The molecule has 0 bridgehead atoms. The highest BCUT2D eigenvalue weighted by atomic mass is 32.2. The summed E-state index contributed by atoms with van der Waals surface area (Å²) in [6.07, 6.45) is 0.395. The van der Waals surface area contributed by atoms with Crippen molar-refractivity contribution in [2.45, 2.75) is 18.7 Å². The molecule has 7 nitrogen and oxygen atoms in total. The first-order valence-electron chi connectivity index (χ1n) is 4.91. The number of carbonyl (C=O) groups is 2. The number of hydrogen-bond donors (Lipinski definition) is 2. The van der Waals surface area contributed by atoms with E-state index in [1.54, 1.807) is 0 Å². The van der Waals surface area contributed by atoms with Gasteiger partial charge in [-0.2, -0.15) is 11.8 Å². The zero-order valence-corrected chi connectivity index (χ0v) is 10.4. The molecule has 0 saturated heterocycles. The van der Waals surface area contributed by atoms with Gasteiger partial charge >= 0.3 is 5.97 Å². The monoisotopic (exact) mass is 258 g/mol. The van der Waals surface area contributed by atoms with Gasteiger partial charge in [-0.1, -0.05) is 0 Å². The molecule has 1 rings (SSSR count). The van der Waals surface area contributed by atoms with E-state index < -0.39 is 12.0 Å². The molecule has 0 saturated carbocycles. The largest absolute Gasteiger partial charge is 0.480 e. The number of carboxylic acid groups (broad SMARTS) is 1. The van der Waals surface area contributed by atoms with Crippen LogP contribution in [0.15, 0.2) is 0 Å². The summed E-state index contributed by atoms with van der Waals surface area (Å²) in [6, 6.07) is -0.869. The number of hydrogen-bond acceptors (Lipinski definition) is 5. The van der Waals surface area contributed by atoms with Crippen molar-refractivity contribution in [3.63, 3.8) is 0 Å². The maximum atomic E-state index is 10.7.